The van der Waals surface area contributed by atoms with E-state index in [-0.39, 0.29) is 16.9 Å². The molecule has 1 aliphatic rings. The van der Waals surface area contributed by atoms with Gasteiger partial charge in [-0.05, 0) is 31.0 Å². The summed E-state index contributed by atoms with van der Waals surface area (Å²) in [5.74, 6) is 0.958. The zero-order chi connectivity index (χ0) is 21.7. The fraction of sp³-hybridized carbons (Fsp3) is 0.476. The molecule has 0 saturated heterocycles. The predicted octanol–water partition coefficient (Wildman–Crippen LogP) is 4.10. The molecular formula is C21H27ClN6OSi. The van der Waals surface area contributed by atoms with Crippen LogP contribution in [0, 0.1) is 0 Å². The van der Waals surface area contributed by atoms with Crippen LogP contribution >= 0.6 is 11.6 Å². The number of hydrogen-bond acceptors (Lipinski definition) is 6. The molecule has 2 radical (unpaired) electrons. The lowest BCUT2D eigenvalue weighted by atomic mass is 9.87. The monoisotopic (exact) mass is 442 g/mol. The van der Waals surface area contributed by atoms with Crippen LogP contribution in [0.15, 0.2) is 30.7 Å². The van der Waals surface area contributed by atoms with Crippen LogP contribution in [0.2, 0.25) is 10.2 Å². The van der Waals surface area contributed by atoms with Gasteiger partial charge in [0.1, 0.15) is 11.0 Å². The topological polar surface area (TPSA) is 81.6 Å². The molecule has 158 valence electrons. The van der Waals surface area contributed by atoms with Crippen molar-refractivity contribution in [2.24, 2.45) is 0 Å². The number of fused-ring (bicyclic) bond motifs is 2. The van der Waals surface area contributed by atoms with Crippen LogP contribution in [0.25, 0.3) is 5.52 Å². The Kier molecular flexibility index (Phi) is 5.28. The summed E-state index contributed by atoms with van der Waals surface area (Å²) in [4.78, 5) is 15.6. The van der Waals surface area contributed by atoms with Gasteiger partial charge in [-0.2, -0.15) is 4.98 Å². The van der Waals surface area contributed by atoms with Crippen molar-refractivity contribution in [2.45, 2.75) is 57.7 Å². The molecule has 7 nitrogen and oxygen atoms in total. The highest BCUT2D eigenvalue weighted by atomic mass is 35.5. The van der Waals surface area contributed by atoms with Crippen LogP contribution in [0.4, 0.5) is 11.8 Å². The van der Waals surface area contributed by atoms with Gasteiger partial charge in [0, 0.05) is 36.6 Å². The second kappa shape index (κ2) is 7.51. The summed E-state index contributed by atoms with van der Waals surface area (Å²) >= 11 is 6.58. The van der Waals surface area contributed by atoms with Crippen molar-refractivity contribution in [3.63, 3.8) is 0 Å². The fourth-order valence-electron chi connectivity index (χ4n) is 3.78. The van der Waals surface area contributed by atoms with Crippen molar-refractivity contribution in [1.82, 2.24) is 19.4 Å². The number of rotatable bonds is 5. The van der Waals surface area contributed by atoms with E-state index in [1.165, 1.54) is 0 Å². The van der Waals surface area contributed by atoms with Crippen LogP contribution < -0.4 is 10.6 Å². The molecule has 2 N–H and O–H groups in total. The zero-order valence-electron chi connectivity index (χ0n) is 18.0. The average molecular weight is 443 g/mol. The van der Waals surface area contributed by atoms with E-state index in [1.807, 2.05) is 24.7 Å². The van der Waals surface area contributed by atoms with Gasteiger partial charge in [0.2, 0.25) is 15.7 Å². The Morgan fingerprint density at radius 3 is 2.73 bits per heavy atom. The van der Waals surface area contributed by atoms with E-state index in [2.05, 4.69) is 64.9 Å². The lowest BCUT2D eigenvalue weighted by molar-refractivity contribution is 0.0828. The highest BCUT2D eigenvalue weighted by Gasteiger charge is 2.43. The summed E-state index contributed by atoms with van der Waals surface area (Å²) in [6, 6.07) is 4.08. The van der Waals surface area contributed by atoms with Crippen molar-refractivity contribution in [3.8, 4) is 0 Å². The number of hydrogen-bond donors (Lipinski definition) is 1. The molecule has 0 saturated carbocycles. The predicted molar refractivity (Wildman–Crippen MR) is 121 cm³/mol. The third-order valence-electron chi connectivity index (χ3n) is 5.28. The highest BCUT2D eigenvalue weighted by molar-refractivity contribution is 6.32. The molecular weight excluding hydrogens is 416 g/mol. The van der Waals surface area contributed by atoms with Gasteiger partial charge >= 0.3 is 0 Å². The second-order valence-corrected chi connectivity index (χ2v) is 11.5. The van der Waals surface area contributed by atoms with Gasteiger partial charge in [-0.25, -0.2) is 4.98 Å². The van der Waals surface area contributed by atoms with E-state index in [1.54, 1.807) is 0 Å². The number of nitrogen functional groups attached to an aromatic ring is 1. The van der Waals surface area contributed by atoms with Crippen LogP contribution in [0.3, 0.4) is 0 Å². The minimum Gasteiger partial charge on any atom is -0.411 e. The molecule has 0 spiro atoms. The number of nitrogens with two attached hydrogens (primary N) is 1. The van der Waals surface area contributed by atoms with Gasteiger partial charge in [-0.15, -0.1) is 0 Å². The number of anilines is 2. The summed E-state index contributed by atoms with van der Waals surface area (Å²) in [7, 11) is 0.365. The van der Waals surface area contributed by atoms with Crippen molar-refractivity contribution in [2.75, 3.05) is 17.2 Å². The number of halogens is 1. The Morgan fingerprint density at radius 1 is 1.23 bits per heavy atom. The van der Waals surface area contributed by atoms with E-state index < -0.39 is 5.60 Å². The van der Waals surface area contributed by atoms with Crippen LogP contribution in [0.5, 0.6) is 0 Å². The molecule has 0 aliphatic carbocycles. The molecule has 1 unspecified atom stereocenters. The maximum atomic E-state index is 6.58. The molecule has 0 fully saturated rings. The summed E-state index contributed by atoms with van der Waals surface area (Å²) in [6.07, 6.45) is 5.78. The molecule has 0 bridgehead atoms. The lowest BCUT2D eigenvalue weighted by Crippen LogP contribution is -2.38. The Hall–Kier alpha value is -2.16. The van der Waals surface area contributed by atoms with Crippen molar-refractivity contribution < 1.29 is 4.43 Å². The third-order valence-corrected chi connectivity index (χ3v) is 6.81. The molecule has 4 heterocycles. The molecule has 9 heteroatoms. The quantitative estimate of drug-likeness (QED) is 0.473. The zero-order valence-corrected chi connectivity index (χ0v) is 19.7. The van der Waals surface area contributed by atoms with Gasteiger partial charge in [-0.1, -0.05) is 32.4 Å². The van der Waals surface area contributed by atoms with Crippen molar-refractivity contribution in [3.05, 3.63) is 47.1 Å². The van der Waals surface area contributed by atoms with E-state index >= 15 is 0 Å². The smallest absolute Gasteiger partial charge is 0.236 e. The van der Waals surface area contributed by atoms with Crippen LogP contribution in [0.1, 0.15) is 51.8 Å². The average Bonchev–Trinajstić information content (AvgIpc) is 3.26. The first-order chi connectivity index (χ1) is 14.0. The van der Waals surface area contributed by atoms with Crippen molar-refractivity contribution in [1.29, 1.82) is 0 Å². The fourth-order valence-corrected chi connectivity index (χ4v) is 4.79. The Labute approximate surface area is 184 Å². The molecule has 30 heavy (non-hydrogen) atoms. The SMILES string of the molecule is CC(C)(C)[Si]OC(C)(C)C1CN(Cc2nccn3cccc23)c2nc(N)nc(Cl)c21. The van der Waals surface area contributed by atoms with Crippen LogP contribution in [-0.4, -0.2) is 41.3 Å². The standard InChI is InChI=1S/C21H27ClN6OSi/c1-20(2,3)30-29-21(4,5)13-11-28(18-16(13)17(22)25-19(23)26-18)12-14-15-7-6-9-27(15)10-8-24-14/h6-10,13H,11-12H2,1-5H3,(H2,23,25,26). The molecule has 1 atom stereocenters. The lowest BCUT2D eigenvalue weighted by Gasteiger charge is -2.35. The number of aromatic nitrogens is 4. The summed E-state index contributed by atoms with van der Waals surface area (Å²) in [5.41, 5.74) is 8.45. The second-order valence-electron chi connectivity index (χ2n) is 9.28. The third kappa shape index (κ3) is 4.04. The Morgan fingerprint density at radius 2 is 2.00 bits per heavy atom. The maximum absolute atomic E-state index is 6.58. The maximum Gasteiger partial charge on any atom is 0.236 e. The molecule has 3 aromatic rings. The van der Waals surface area contributed by atoms with Gasteiger partial charge in [0.05, 0.1) is 23.4 Å². The van der Waals surface area contributed by atoms with Gasteiger partial charge in [-0.3, -0.25) is 4.98 Å². The largest absolute Gasteiger partial charge is 0.411 e. The summed E-state index contributed by atoms with van der Waals surface area (Å²) < 4.78 is 8.48. The summed E-state index contributed by atoms with van der Waals surface area (Å²) in [6.45, 7) is 12.1. The van der Waals surface area contributed by atoms with E-state index in [4.69, 9.17) is 21.8 Å². The highest BCUT2D eigenvalue weighted by Crippen LogP contribution is 2.46. The molecule has 0 aromatic carbocycles. The van der Waals surface area contributed by atoms with Crippen LogP contribution in [-0.2, 0) is 11.0 Å². The van der Waals surface area contributed by atoms with E-state index in [9.17, 15) is 0 Å². The molecule has 0 amide bonds. The first-order valence-electron chi connectivity index (χ1n) is 9.99. The summed E-state index contributed by atoms with van der Waals surface area (Å²) in [5, 5.41) is 0.489. The molecule has 3 aromatic heterocycles. The first kappa shape index (κ1) is 21.1. The van der Waals surface area contributed by atoms with Crippen molar-refractivity contribution >= 4 is 38.6 Å². The van der Waals surface area contributed by atoms with E-state index in [0.717, 1.165) is 22.6 Å². The normalized spacial score (nSPS) is 17.0. The van der Waals surface area contributed by atoms with Gasteiger partial charge < -0.3 is 19.5 Å². The van der Waals surface area contributed by atoms with Gasteiger partial charge in [0.15, 0.2) is 0 Å². The minimum atomic E-state index is -0.438. The Bertz CT molecular complexity index is 1080. The molecule has 4 rings (SSSR count). The number of nitrogens with zero attached hydrogens (tertiary/aromatic N) is 5. The molecule has 1 aliphatic heterocycles. The van der Waals surface area contributed by atoms with E-state index in [0.29, 0.717) is 28.0 Å². The Balaban J connectivity index is 1.70. The first-order valence-corrected chi connectivity index (χ1v) is 11.3. The minimum absolute atomic E-state index is 0.0157. The van der Waals surface area contributed by atoms with Gasteiger partial charge in [0.25, 0.3) is 0 Å².